The molecule has 0 spiro atoms. The Kier molecular flexibility index (Phi) is 3.75. The van der Waals surface area contributed by atoms with Crippen LogP contribution in [0.2, 0.25) is 0 Å². The van der Waals surface area contributed by atoms with Gasteiger partial charge in [0, 0.05) is 11.5 Å². The molecule has 1 N–H and O–H groups in total. The molecule has 2 rings (SSSR count). The minimum atomic E-state index is -1.18. The molecular weight excluding hydrogens is 251 g/mol. The maximum Gasteiger partial charge on any atom is 0.313 e. The lowest BCUT2D eigenvalue weighted by molar-refractivity contribution is -0.146. The molecule has 1 atom stereocenters. The van der Waals surface area contributed by atoms with Crippen LogP contribution < -0.4 is 4.74 Å². The number of hydrogen-bond acceptors (Lipinski definition) is 3. The molecule has 1 heterocycles. The molecule has 1 aliphatic rings. The molecule has 19 heavy (non-hydrogen) atoms. The lowest BCUT2D eigenvalue weighted by Gasteiger charge is -2.35. The van der Waals surface area contributed by atoms with E-state index in [-0.39, 0.29) is 5.92 Å². The maximum absolute atomic E-state index is 13.4. The Labute approximate surface area is 111 Å². The number of aliphatic carboxylic acids is 1. The fraction of sp³-hybridized carbons (Fsp3) is 0.500. The normalized spacial score (nSPS) is 18.5. The lowest BCUT2D eigenvalue weighted by atomic mass is 9.74. The van der Waals surface area contributed by atoms with Gasteiger partial charge in [-0.05, 0) is 31.5 Å². The molecule has 1 unspecified atom stereocenters. The molecular formula is C14H17FO4. The van der Waals surface area contributed by atoms with Gasteiger partial charge in [0.15, 0.2) is 0 Å². The van der Waals surface area contributed by atoms with Crippen LogP contribution in [-0.4, -0.2) is 31.4 Å². The van der Waals surface area contributed by atoms with Crippen molar-refractivity contribution in [3.05, 3.63) is 29.6 Å². The highest BCUT2D eigenvalue weighted by molar-refractivity contribution is 5.82. The van der Waals surface area contributed by atoms with Crippen LogP contribution in [0.3, 0.4) is 0 Å². The van der Waals surface area contributed by atoms with Crippen molar-refractivity contribution in [3.63, 3.8) is 0 Å². The molecule has 1 aliphatic heterocycles. The summed E-state index contributed by atoms with van der Waals surface area (Å²) in [5.41, 5.74) is -0.809. The van der Waals surface area contributed by atoms with Crippen molar-refractivity contribution in [2.24, 2.45) is 5.92 Å². The Morgan fingerprint density at radius 2 is 2.26 bits per heavy atom. The molecule has 0 aromatic heterocycles. The molecule has 5 heteroatoms. The second kappa shape index (κ2) is 5.17. The Bertz CT molecular complexity index is 484. The van der Waals surface area contributed by atoms with Crippen LogP contribution in [0, 0.1) is 11.7 Å². The third kappa shape index (κ3) is 2.56. The highest BCUT2D eigenvalue weighted by Gasteiger charge is 2.41. The number of carboxylic acid groups (broad SMARTS) is 1. The minimum absolute atomic E-state index is 0.189. The summed E-state index contributed by atoms with van der Waals surface area (Å²) in [6.07, 6.45) is 0.405. The Morgan fingerprint density at radius 3 is 2.74 bits per heavy atom. The number of carboxylic acids is 1. The van der Waals surface area contributed by atoms with Crippen molar-refractivity contribution in [1.82, 2.24) is 0 Å². The second-order valence-corrected chi connectivity index (χ2v) is 5.09. The van der Waals surface area contributed by atoms with Crippen molar-refractivity contribution in [2.75, 3.05) is 20.3 Å². The fourth-order valence-corrected chi connectivity index (χ4v) is 2.40. The van der Waals surface area contributed by atoms with Crippen LogP contribution in [0.25, 0.3) is 0 Å². The molecule has 1 fully saturated rings. The van der Waals surface area contributed by atoms with Crippen molar-refractivity contribution in [1.29, 1.82) is 0 Å². The predicted molar refractivity (Wildman–Crippen MR) is 66.9 cm³/mol. The summed E-state index contributed by atoms with van der Waals surface area (Å²) in [6, 6.07) is 3.96. The molecule has 0 amide bonds. The number of halogens is 1. The molecule has 0 bridgehead atoms. The summed E-state index contributed by atoms with van der Waals surface area (Å²) < 4.78 is 23.7. The number of carbonyl (C=O) groups is 1. The summed E-state index contributed by atoms with van der Waals surface area (Å²) in [7, 11) is 1.45. The third-order valence-electron chi connectivity index (χ3n) is 3.63. The Morgan fingerprint density at radius 1 is 1.58 bits per heavy atom. The summed E-state index contributed by atoms with van der Waals surface area (Å²) >= 11 is 0. The van der Waals surface area contributed by atoms with Gasteiger partial charge in [0.05, 0.1) is 25.7 Å². The zero-order chi connectivity index (χ0) is 14.0. The molecule has 0 radical (unpaired) electrons. The van der Waals surface area contributed by atoms with Gasteiger partial charge in [-0.25, -0.2) is 4.39 Å². The molecule has 1 saturated heterocycles. The Hall–Kier alpha value is -1.62. The van der Waals surface area contributed by atoms with E-state index in [2.05, 4.69) is 0 Å². The zero-order valence-corrected chi connectivity index (χ0v) is 11.0. The van der Waals surface area contributed by atoms with E-state index >= 15 is 0 Å². The highest BCUT2D eigenvalue weighted by atomic mass is 19.1. The number of rotatable bonds is 5. The number of hydrogen-bond donors (Lipinski definition) is 1. The lowest BCUT2D eigenvalue weighted by Crippen LogP contribution is -2.40. The topological polar surface area (TPSA) is 55.8 Å². The molecule has 1 aromatic rings. The fourth-order valence-electron chi connectivity index (χ4n) is 2.40. The quantitative estimate of drug-likeness (QED) is 0.889. The summed E-state index contributed by atoms with van der Waals surface area (Å²) in [4.78, 5) is 11.7. The SMILES string of the molecule is COc1ccc(F)cc1C(C)(CC1COC1)C(=O)O. The first-order valence-electron chi connectivity index (χ1n) is 6.12. The van der Waals surface area contributed by atoms with Crippen molar-refractivity contribution in [3.8, 4) is 5.75 Å². The first-order chi connectivity index (χ1) is 8.97. The van der Waals surface area contributed by atoms with Crippen LogP contribution in [-0.2, 0) is 14.9 Å². The minimum Gasteiger partial charge on any atom is -0.496 e. The molecule has 0 aliphatic carbocycles. The first kappa shape index (κ1) is 13.8. The monoisotopic (exact) mass is 268 g/mol. The van der Waals surface area contributed by atoms with Crippen molar-refractivity contribution in [2.45, 2.75) is 18.8 Å². The van der Waals surface area contributed by atoms with Crippen molar-refractivity contribution < 1.29 is 23.8 Å². The van der Waals surface area contributed by atoms with Gasteiger partial charge < -0.3 is 14.6 Å². The third-order valence-corrected chi connectivity index (χ3v) is 3.63. The van der Waals surface area contributed by atoms with E-state index in [4.69, 9.17) is 9.47 Å². The van der Waals surface area contributed by atoms with Gasteiger partial charge in [0.25, 0.3) is 0 Å². The van der Waals surface area contributed by atoms with Crippen LogP contribution >= 0.6 is 0 Å². The molecule has 104 valence electrons. The number of methoxy groups -OCH3 is 1. The Balaban J connectivity index is 2.42. The van der Waals surface area contributed by atoms with Crippen molar-refractivity contribution >= 4 is 5.97 Å². The summed E-state index contributed by atoms with van der Waals surface area (Å²) in [5, 5.41) is 9.55. The van der Waals surface area contributed by atoms with E-state index in [1.54, 1.807) is 6.92 Å². The van der Waals surface area contributed by atoms with E-state index < -0.39 is 17.2 Å². The van der Waals surface area contributed by atoms with E-state index in [0.717, 1.165) is 0 Å². The number of ether oxygens (including phenoxy) is 2. The molecule has 1 aromatic carbocycles. The van der Waals surface area contributed by atoms with Gasteiger partial charge in [-0.1, -0.05) is 0 Å². The highest BCUT2D eigenvalue weighted by Crippen LogP contribution is 2.39. The van der Waals surface area contributed by atoms with Crippen LogP contribution in [0.1, 0.15) is 18.9 Å². The van der Waals surface area contributed by atoms with Crippen LogP contribution in [0.5, 0.6) is 5.75 Å². The standard InChI is InChI=1S/C14H17FO4/c1-14(13(16)17,6-9-7-19-8-9)11-5-10(15)3-4-12(11)18-2/h3-5,9H,6-8H2,1-2H3,(H,16,17). The van der Waals surface area contributed by atoms with Gasteiger partial charge in [0.1, 0.15) is 11.6 Å². The van der Waals surface area contributed by atoms with Gasteiger partial charge >= 0.3 is 5.97 Å². The summed E-state index contributed by atoms with van der Waals surface area (Å²) in [5.74, 6) is -0.864. The van der Waals surface area contributed by atoms with E-state index in [1.807, 2.05) is 0 Å². The first-order valence-corrected chi connectivity index (χ1v) is 6.12. The van der Waals surface area contributed by atoms with Crippen LogP contribution in [0.15, 0.2) is 18.2 Å². The van der Waals surface area contributed by atoms with Gasteiger partial charge in [-0.2, -0.15) is 0 Å². The van der Waals surface area contributed by atoms with Gasteiger partial charge in [-0.15, -0.1) is 0 Å². The average molecular weight is 268 g/mol. The predicted octanol–water partition coefficient (Wildman–Crippen LogP) is 2.21. The number of benzene rings is 1. The van der Waals surface area contributed by atoms with Gasteiger partial charge in [0.2, 0.25) is 0 Å². The van der Waals surface area contributed by atoms with Gasteiger partial charge in [-0.3, -0.25) is 4.79 Å². The maximum atomic E-state index is 13.4. The average Bonchev–Trinajstić information content (AvgIpc) is 2.33. The largest absolute Gasteiger partial charge is 0.496 e. The smallest absolute Gasteiger partial charge is 0.313 e. The second-order valence-electron chi connectivity index (χ2n) is 5.09. The van der Waals surface area contributed by atoms with E-state index in [9.17, 15) is 14.3 Å². The molecule has 0 saturated carbocycles. The van der Waals surface area contributed by atoms with Crippen LogP contribution in [0.4, 0.5) is 4.39 Å². The molecule has 4 nitrogen and oxygen atoms in total. The van der Waals surface area contributed by atoms with E-state index in [0.29, 0.717) is 30.9 Å². The van der Waals surface area contributed by atoms with E-state index in [1.165, 1.54) is 25.3 Å². The summed E-state index contributed by atoms with van der Waals surface area (Å²) in [6.45, 7) is 2.71. The zero-order valence-electron chi connectivity index (χ0n) is 11.0.